The number of nitro groups is 1. The average molecular weight is 199 g/mol. The molecule has 0 unspecified atom stereocenters. The van der Waals surface area contributed by atoms with E-state index in [1.54, 1.807) is 6.07 Å². The van der Waals surface area contributed by atoms with E-state index in [4.69, 9.17) is 11.6 Å². The van der Waals surface area contributed by atoms with Crippen LogP contribution in [-0.2, 0) is 0 Å². The highest BCUT2D eigenvalue weighted by atomic mass is 35.5. The highest BCUT2D eigenvalue weighted by molar-refractivity contribution is 6.31. The maximum atomic E-state index is 10.4. The number of nitrogens with zero attached hydrogens (tertiary/aromatic N) is 1. The third kappa shape index (κ3) is 2.18. The van der Waals surface area contributed by atoms with Gasteiger partial charge in [0.15, 0.2) is 0 Å². The van der Waals surface area contributed by atoms with E-state index in [9.17, 15) is 10.1 Å². The number of hydrogen-bond acceptors (Lipinski definition) is 2. The van der Waals surface area contributed by atoms with E-state index in [0.717, 1.165) is 11.5 Å². The third-order valence-corrected chi connectivity index (χ3v) is 2.03. The second-order valence-electron chi connectivity index (χ2n) is 2.92. The van der Waals surface area contributed by atoms with Crippen LogP contribution < -0.4 is 0 Å². The summed E-state index contributed by atoms with van der Waals surface area (Å²) in [5.41, 5.74) is 0.802. The summed E-state index contributed by atoms with van der Waals surface area (Å²) in [4.78, 5) is 10.0. The van der Waals surface area contributed by atoms with E-state index in [1.807, 2.05) is 13.8 Å². The molecule has 13 heavy (non-hydrogen) atoms. The Balaban J connectivity index is 3.19. The van der Waals surface area contributed by atoms with Gasteiger partial charge < -0.3 is 0 Å². The van der Waals surface area contributed by atoms with E-state index in [1.165, 1.54) is 12.1 Å². The molecule has 0 aromatic heterocycles. The first-order valence-electron chi connectivity index (χ1n) is 3.77. The molecule has 1 aromatic carbocycles. The SMILES string of the molecule is C[C](C)c1cc([N+](=O)[O-])ccc1Cl. The molecule has 0 aliphatic heterocycles. The van der Waals surface area contributed by atoms with E-state index in [0.29, 0.717) is 5.02 Å². The maximum absolute atomic E-state index is 10.4. The molecule has 0 saturated carbocycles. The topological polar surface area (TPSA) is 43.1 Å². The predicted molar refractivity (Wildman–Crippen MR) is 51.8 cm³/mol. The third-order valence-electron chi connectivity index (χ3n) is 1.70. The average Bonchev–Trinajstić information content (AvgIpc) is 2.04. The molecule has 0 fully saturated rings. The van der Waals surface area contributed by atoms with E-state index >= 15 is 0 Å². The van der Waals surface area contributed by atoms with Crippen molar-refractivity contribution in [3.63, 3.8) is 0 Å². The summed E-state index contributed by atoms with van der Waals surface area (Å²) in [6.07, 6.45) is 0. The van der Waals surface area contributed by atoms with Gasteiger partial charge in [-0.15, -0.1) is 0 Å². The van der Waals surface area contributed by atoms with Crippen LogP contribution in [0.4, 0.5) is 5.69 Å². The molecule has 0 aliphatic carbocycles. The largest absolute Gasteiger partial charge is 0.269 e. The minimum Gasteiger partial charge on any atom is -0.258 e. The molecule has 0 bridgehead atoms. The van der Waals surface area contributed by atoms with Crippen molar-refractivity contribution < 1.29 is 4.92 Å². The fraction of sp³-hybridized carbons (Fsp3) is 0.222. The van der Waals surface area contributed by atoms with Crippen molar-refractivity contribution in [3.8, 4) is 0 Å². The zero-order valence-electron chi connectivity index (χ0n) is 7.37. The molecule has 69 valence electrons. The molecule has 4 heteroatoms. The van der Waals surface area contributed by atoms with Gasteiger partial charge in [0, 0.05) is 23.1 Å². The van der Waals surface area contributed by atoms with Crippen molar-refractivity contribution in [3.05, 3.63) is 44.8 Å². The summed E-state index contributed by atoms with van der Waals surface area (Å²) in [6.45, 7) is 3.73. The van der Waals surface area contributed by atoms with Gasteiger partial charge in [0.25, 0.3) is 5.69 Å². The second-order valence-corrected chi connectivity index (χ2v) is 3.33. The van der Waals surface area contributed by atoms with Gasteiger partial charge in [0.2, 0.25) is 0 Å². The summed E-state index contributed by atoms with van der Waals surface area (Å²) < 4.78 is 0. The minimum absolute atomic E-state index is 0.0700. The minimum atomic E-state index is -0.428. The Hall–Kier alpha value is -1.09. The molecule has 0 spiro atoms. The summed E-state index contributed by atoms with van der Waals surface area (Å²) >= 11 is 5.85. The van der Waals surface area contributed by atoms with Crippen LogP contribution in [0, 0.1) is 16.0 Å². The Bertz CT molecular complexity index is 336. The van der Waals surface area contributed by atoms with E-state index in [-0.39, 0.29) is 5.69 Å². The smallest absolute Gasteiger partial charge is 0.258 e. The standard InChI is InChI=1S/C9H9ClNO2/c1-6(2)8-5-7(11(12)13)3-4-9(8)10/h3-5H,1-2H3. The maximum Gasteiger partial charge on any atom is 0.269 e. The lowest BCUT2D eigenvalue weighted by atomic mass is 10.0. The van der Waals surface area contributed by atoms with Crippen molar-refractivity contribution in [1.82, 2.24) is 0 Å². The van der Waals surface area contributed by atoms with Crippen molar-refractivity contribution in [1.29, 1.82) is 0 Å². The fourth-order valence-corrected chi connectivity index (χ4v) is 1.32. The molecular formula is C9H9ClNO2. The number of benzene rings is 1. The quantitative estimate of drug-likeness (QED) is 0.541. The highest BCUT2D eigenvalue weighted by Crippen LogP contribution is 2.27. The van der Waals surface area contributed by atoms with E-state index < -0.39 is 4.92 Å². The lowest BCUT2D eigenvalue weighted by Gasteiger charge is -2.06. The fourth-order valence-electron chi connectivity index (χ4n) is 1.01. The molecule has 0 heterocycles. The molecule has 1 radical (unpaired) electrons. The number of hydrogen-bond donors (Lipinski definition) is 0. The van der Waals surface area contributed by atoms with Crippen LogP contribution in [-0.4, -0.2) is 4.92 Å². The predicted octanol–water partition coefficient (Wildman–Crippen LogP) is 3.21. The van der Waals surface area contributed by atoms with Gasteiger partial charge in [-0.2, -0.15) is 0 Å². The van der Waals surface area contributed by atoms with Crippen LogP contribution >= 0.6 is 11.6 Å². The lowest BCUT2D eigenvalue weighted by Crippen LogP contribution is -1.93. The molecular weight excluding hydrogens is 190 g/mol. The van der Waals surface area contributed by atoms with Crippen LogP contribution in [0.15, 0.2) is 18.2 Å². The van der Waals surface area contributed by atoms with Gasteiger partial charge in [-0.3, -0.25) is 10.1 Å². The van der Waals surface area contributed by atoms with Gasteiger partial charge in [-0.05, 0) is 11.6 Å². The molecule has 0 saturated heterocycles. The zero-order chi connectivity index (χ0) is 10.0. The molecule has 0 amide bonds. The van der Waals surface area contributed by atoms with Crippen molar-refractivity contribution in [2.24, 2.45) is 0 Å². The van der Waals surface area contributed by atoms with Gasteiger partial charge in [0.05, 0.1) is 4.92 Å². The Morgan fingerprint density at radius 1 is 1.46 bits per heavy atom. The lowest BCUT2D eigenvalue weighted by molar-refractivity contribution is -0.384. The van der Waals surface area contributed by atoms with Crippen molar-refractivity contribution >= 4 is 17.3 Å². The molecule has 0 N–H and O–H groups in total. The summed E-state index contributed by atoms with van der Waals surface area (Å²) in [5, 5.41) is 11.0. The van der Waals surface area contributed by atoms with Gasteiger partial charge in [-0.1, -0.05) is 25.4 Å². The summed E-state index contributed by atoms with van der Waals surface area (Å²) in [7, 11) is 0. The van der Waals surface area contributed by atoms with Crippen molar-refractivity contribution in [2.45, 2.75) is 13.8 Å². The van der Waals surface area contributed by atoms with Gasteiger partial charge >= 0.3 is 0 Å². The summed E-state index contributed by atoms with van der Waals surface area (Å²) in [6, 6.07) is 4.43. The van der Waals surface area contributed by atoms with Crippen LogP contribution in [0.5, 0.6) is 0 Å². The second kappa shape index (κ2) is 3.75. The molecule has 1 aromatic rings. The number of halogens is 1. The highest BCUT2D eigenvalue weighted by Gasteiger charge is 2.11. The molecule has 0 atom stereocenters. The van der Waals surface area contributed by atoms with Crippen LogP contribution in [0.2, 0.25) is 5.02 Å². The number of rotatable bonds is 2. The Labute approximate surface area is 81.5 Å². The van der Waals surface area contributed by atoms with Crippen LogP contribution in [0.3, 0.4) is 0 Å². The van der Waals surface area contributed by atoms with Crippen LogP contribution in [0.25, 0.3) is 0 Å². The summed E-state index contributed by atoms with van der Waals surface area (Å²) in [5.74, 6) is 0.966. The molecule has 1 rings (SSSR count). The number of non-ortho nitro benzene ring substituents is 1. The monoisotopic (exact) mass is 198 g/mol. The van der Waals surface area contributed by atoms with Gasteiger partial charge in [-0.25, -0.2) is 0 Å². The number of nitro benzene ring substituents is 1. The normalized spacial score (nSPS) is 10.5. The Morgan fingerprint density at radius 2 is 2.08 bits per heavy atom. The van der Waals surface area contributed by atoms with Crippen LogP contribution in [0.1, 0.15) is 19.4 Å². The first kappa shape index (κ1) is 9.99. The molecule has 0 aliphatic rings. The van der Waals surface area contributed by atoms with E-state index in [2.05, 4.69) is 0 Å². The Kier molecular flexibility index (Phi) is 2.88. The first-order valence-corrected chi connectivity index (χ1v) is 4.14. The van der Waals surface area contributed by atoms with Crippen molar-refractivity contribution in [2.75, 3.05) is 0 Å². The first-order chi connectivity index (χ1) is 6.02. The zero-order valence-corrected chi connectivity index (χ0v) is 8.13. The Morgan fingerprint density at radius 3 is 2.54 bits per heavy atom. The van der Waals surface area contributed by atoms with Gasteiger partial charge in [0.1, 0.15) is 0 Å². The molecule has 3 nitrogen and oxygen atoms in total.